The number of aromatic nitrogens is 4. The van der Waals surface area contributed by atoms with E-state index < -0.39 is 0 Å². The second-order valence-electron chi connectivity index (χ2n) is 12.1. The van der Waals surface area contributed by atoms with E-state index in [1.165, 1.54) is 11.1 Å². The summed E-state index contributed by atoms with van der Waals surface area (Å²) in [5, 5.41) is 2.25. The lowest BCUT2D eigenvalue weighted by Crippen LogP contribution is -2.00. The van der Waals surface area contributed by atoms with Crippen LogP contribution in [0.2, 0.25) is 0 Å². The fraction of sp³-hybridized carbons (Fsp3) is 0. The van der Waals surface area contributed by atoms with Crippen molar-refractivity contribution in [3.63, 3.8) is 0 Å². The minimum atomic E-state index is 0.642. The van der Waals surface area contributed by atoms with Crippen LogP contribution >= 0.6 is 0 Å². The highest BCUT2D eigenvalue weighted by atomic mass is 15.0. The summed E-state index contributed by atoms with van der Waals surface area (Å²) in [7, 11) is 0. The third-order valence-electron chi connectivity index (χ3n) is 9.07. The third-order valence-corrected chi connectivity index (χ3v) is 9.07. The van der Waals surface area contributed by atoms with E-state index in [2.05, 4.69) is 126 Å². The Bertz CT molecular complexity index is 2500. The number of hydrogen-bond donors (Lipinski definition) is 0. The number of para-hydroxylation sites is 1. The van der Waals surface area contributed by atoms with Crippen LogP contribution in [0.15, 0.2) is 182 Å². The summed E-state index contributed by atoms with van der Waals surface area (Å²) >= 11 is 0. The molecule has 0 N–H and O–H groups in total. The zero-order valence-electron chi connectivity index (χ0n) is 26.6. The topological polar surface area (TPSA) is 43.6 Å². The predicted octanol–water partition coefficient (Wildman–Crippen LogP) is 11.3. The number of fused-ring (bicyclic) bond motifs is 3. The monoisotopic (exact) mass is 626 g/mol. The van der Waals surface area contributed by atoms with Gasteiger partial charge in [-0.2, -0.15) is 0 Å². The van der Waals surface area contributed by atoms with E-state index in [-0.39, 0.29) is 0 Å². The standard InChI is InChI=1S/C45H30N4/c1-5-14-31(15-6-1)32-24-26-33(27-25-32)36-28-29-40-39(30-36)42-38(22-13-23-41(42)49(40)37-20-11-4-12-21-37)45-47-43(34-16-7-2-8-17-34)46-44(48-45)35-18-9-3-10-19-35/h1-30H. The van der Waals surface area contributed by atoms with Crippen LogP contribution in [0.1, 0.15) is 0 Å². The summed E-state index contributed by atoms with van der Waals surface area (Å²) in [5.41, 5.74) is 10.9. The van der Waals surface area contributed by atoms with Gasteiger partial charge in [0.1, 0.15) is 0 Å². The number of rotatable bonds is 6. The van der Waals surface area contributed by atoms with Crippen molar-refractivity contribution in [2.45, 2.75) is 0 Å². The van der Waals surface area contributed by atoms with Gasteiger partial charge in [-0.05, 0) is 52.6 Å². The summed E-state index contributed by atoms with van der Waals surface area (Å²) in [6.07, 6.45) is 0. The molecular weight excluding hydrogens is 597 g/mol. The molecule has 49 heavy (non-hydrogen) atoms. The first kappa shape index (κ1) is 28.6. The Hall–Kier alpha value is -6.65. The number of hydrogen-bond acceptors (Lipinski definition) is 3. The molecule has 0 aliphatic carbocycles. The van der Waals surface area contributed by atoms with Crippen molar-refractivity contribution < 1.29 is 0 Å². The van der Waals surface area contributed by atoms with Gasteiger partial charge < -0.3 is 4.57 Å². The molecule has 0 aliphatic heterocycles. The lowest BCUT2D eigenvalue weighted by Gasteiger charge is -2.10. The third kappa shape index (κ3) is 5.26. The van der Waals surface area contributed by atoms with Crippen LogP contribution in [0.5, 0.6) is 0 Å². The molecule has 0 atom stereocenters. The molecule has 230 valence electrons. The van der Waals surface area contributed by atoms with E-state index in [1.54, 1.807) is 0 Å². The van der Waals surface area contributed by atoms with Crippen molar-refractivity contribution in [2.24, 2.45) is 0 Å². The molecular formula is C45H30N4. The molecule has 4 heteroatoms. The minimum absolute atomic E-state index is 0.642. The van der Waals surface area contributed by atoms with Gasteiger partial charge in [-0.25, -0.2) is 15.0 Å². The van der Waals surface area contributed by atoms with E-state index in [9.17, 15) is 0 Å². The van der Waals surface area contributed by atoms with Crippen LogP contribution in [0, 0.1) is 0 Å². The summed E-state index contributed by atoms with van der Waals surface area (Å²) in [6, 6.07) is 63.4. The zero-order chi connectivity index (χ0) is 32.6. The molecule has 7 aromatic carbocycles. The quantitative estimate of drug-likeness (QED) is 0.184. The Kier molecular flexibility index (Phi) is 7.10. The van der Waals surface area contributed by atoms with E-state index in [4.69, 9.17) is 15.0 Å². The van der Waals surface area contributed by atoms with Gasteiger partial charge in [0.15, 0.2) is 17.5 Å². The highest BCUT2D eigenvalue weighted by Crippen LogP contribution is 2.40. The molecule has 0 fully saturated rings. The molecule has 0 bridgehead atoms. The van der Waals surface area contributed by atoms with Crippen LogP contribution in [-0.2, 0) is 0 Å². The molecule has 9 aromatic rings. The fourth-order valence-electron chi connectivity index (χ4n) is 6.71. The Morgan fingerprint density at radius 1 is 0.327 bits per heavy atom. The average molecular weight is 627 g/mol. The van der Waals surface area contributed by atoms with Gasteiger partial charge in [0, 0.05) is 33.2 Å². The predicted molar refractivity (Wildman–Crippen MR) is 201 cm³/mol. The summed E-state index contributed by atoms with van der Waals surface area (Å²) in [5.74, 6) is 1.93. The van der Waals surface area contributed by atoms with Crippen molar-refractivity contribution in [3.05, 3.63) is 182 Å². The molecule has 0 saturated carbocycles. The molecule has 0 aliphatic rings. The maximum atomic E-state index is 5.13. The van der Waals surface area contributed by atoms with Crippen LogP contribution in [0.4, 0.5) is 0 Å². The first-order valence-corrected chi connectivity index (χ1v) is 16.5. The van der Waals surface area contributed by atoms with Gasteiger partial charge in [0.25, 0.3) is 0 Å². The molecule has 2 aromatic heterocycles. The molecule has 2 heterocycles. The largest absolute Gasteiger partial charge is 0.309 e. The van der Waals surface area contributed by atoms with E-state index in [0.29, 0.717) is 17.5 Å². The molecule has 0 amide bonds. The lowest BCUT2D eigenvalue weighted by molar-refractivity contribution is 1.08. The maximum Gasteiger partial charge on any atom is 0.164 e. The number of benzene rings is 7. The van der Waals surface area contributed by atoms with Crippen molar-refractivity contribution in [2.75, 3.05) is 0 Å². The second-order valence-corrected chi connectivity index (χ2v) is 12.1. The molecule has 0 saturated heterocycles. The van der Waals surface area contributed by atoms with Gasteiger partial charge in [0.05, 0.1) is 11.0 Å². The normalized spacial score (nSPS) is 11.3. The van der Waals surface area contributed by atoms with E-state index >= 15 is 0 Å². The van der Waals surface area contributed by atoms with Gasteiger partial charge in [-0.15, -0.1) is 0 Å². The van der Waals surface area contributed by atoms with Crippen molar-refractivity contribution in [1.82, 2.24) is 19.5 Å². The lowest BCUT2D eigenvalue weighted by atomic mass is 9.98. The molecule has 0 unspecified atom stereocenters. The smallest absolute Gasteiger partial charge is 0.164 e. The van der Waals surface area contributed by atoms with Crippen molar-refractivity contribution in [1.29, 1.82) is 0 Å². The fourth-order valence-corrected chi connectivity index (χ4v) is 6.71. The summed E-state index contributed by atoms with van der Waals surface area (Å²) in [4.78, 5) is 15.2. The highest BCUT2D eigenvalue weighted by Gasteiger charge is 2.20. The number of nitrogens with zero attached hydrogens (tertiary/aromatic N) is 4. The first-order valence-electron chi connectivity index (χ1n) is 16.5. The van der Waals surface area contributed by atoms with Gasteiger partial charge in [-0.3, -0.25) is 0 Å². The molecule has 9 rings (SSSR count). The molecule has 4 nitrogen and oxygen atoms in total. The Labute approximate surface area is 284 Å². The summed E-state index contributed by atoms with van der Waals surface area (Å²) in [6.45, 7) is 0. The van der Waals surface area contributed by atoms with E-state index in [1.807, 2.05) is 60.7 Å². The average Bonchev–Trinajstić information content (AvgIpc) is 3.53. The minimum Gasteiger partial charge on any atom is -0.309 e. The van der Waals surface area contributed by atoms with Crippen molar-refractivity contribution in [3.8, 4) is 62.1 Å². The van der Waals surface area contributed by atoms with Gasteiger partial charge in [0.2, 0.25) is 0 Å². The molecule has 0 spiro atoms. The molecule has 0 radical (unpaired) electrons. The van der Waals surface area contributed by atoms with Crippen LogP contribution in [0.25, 0.3) is 83.9 Å². The Morgan fingerprint density at radius 3 is 1.39 bits per heavy atom. The zero-order valence-corrected chi connectivity index (χ0v) is 26.6. The van der Waals surface area contributed by atoms with E-state index in [0.717, 1.165) is 55.3 Å². The van der Waals surface area contributed by atoms with Crippen LogP contribution in [-0.4, -0.2) is 19.5 Å². The first-order chi connectivity index (χ1) is 24.3. The van der Waals surface area contributed by atoms with Gasteiger partial charge >= 0.3 is 0 Å². The second kappa shape index (κ2) is 12.2. The SMILES string of the molecule is c1ccc(-c2ccc(-c3ccc4c(c3)c3c(-c5nc(-c6ccccc6)nc(-c6ccccc6)n5)cccc3n4-c3ccccc3)cc2)cc1. The Balaban J connectivity index is 1.29. The van der Waals surface area contributed by atoms with Crippen LogP contribution in [0.3, 0.4) is 0 Å². The summed E-state index contributed by atoms with van der Waals surface area (Å²) < 4.78 is 2.34. The maximum absolute atomic E-state index is 5.13. The Morgan fingerprint density at radius 2 is 0.796 bits per heavy atom. The van der Waals surface area contributed by atoms with Crippen molar-refractivity contribution >= 4 is 21.8 Å². The van der Waals surface area contributed by atoms with Gasteiger partial charge in [-0.1, -0.05) is 152 Å². The van der Waals surface area contributed by atoms with Crippen LogP contribution < -0.4 is 0 Å². The highest BCUT2D eigenvalue weighted by molar-refractivity contribution is 6.16.